The molecule has 1 unspecified atom stereocenters. The normalized spacial score (nSPS) is 18.6. The van der Waals surface area contributed by atoms with Crippen LogP contribution in [0.2, 0.25) is 0 Å². The quantitative estimate of drug-likeness (QED) is 0.690. The molecule has 6 nitrogen and oxygen atoms in total. The first kappa shape index (κ1) is 13.8. The van der Waals surface area contributed by atoms with Crippen molar-refractivity contribution < 1.29 is 9.66 Å². The van der Waals surface area contributed by atoms with Gasteiger partial charge in [-0.05, 0) is 37.5 Å². The average Bonchev–Trinajstić information content (AvgIpc) is 2.53. The van der Waals surface area contributed by atoms with Crippen LogP contribution >= 0.6 is 0 Å². The van der Waals surface area contributed by atoms with Gasteiger partial charge in [-0.2, -0.15) is 0 Å². The van der Waals surface area contributed by atoms with Crippen LogP contribution in [0.15, 0.2) is 30.3 Å². The van der Waals surface area contributed by atoms with E-state index in [4.69, 9.17) is 4.74 Å². The molecule has 3 rings (SSSR count). The first-order chi connectivity index (χ1) is 10.2. The van der Waals surface area contributed by atoms with Gasteiger partial charge in [-0.1, -0.05) is 0 Å². The molecule has 0 radical (unpaired) electrons. The monoisotopic (exact) mass is 287 g/mol. The molecule has 1 aliphatic rings. The SMILES string of the molecule is O=[N+]([O-])c1ccc2nc(NCC3CCCCO3)ccc2c1. The van der Waals surface area contributed by atoms with Gasteiger partial charge in [-0.3, -0.25) is 10.1 Å². The summed E-state index contributed by atoms with van der Waals surface area (Å²) in [6, 6.07) is 8.38. The molecule has 0 aliphatic carbocycles. The first-order valence-corrected chi connectivity index (χ1v) is 7.13. The molecule has 1 aromatic heterocycles. The van der Waals surface area contributed by atoms with Crippen LogP contribution in [0.25, 0.3) is 10.9 Å². The number of nitro groups is 1. The minimum absolute atomic E-state index is 0.0839. The molecule has 21 heavy (non-hydrogen) atoms. The summed E-state index contributed by atoms with van der Waals surface area (Å²) in [4.78, 5) is 14.8. The van der Waals surface area contributed by atoms with E-state index in [9.17, 15) is 10.1 Å². The maximum atomic E-state index is 10.7. The highest BCUT2D eigenvalue weighted by Crippen LogP contribution is 2.21. The van der Waals surface area contributed by atoms with Gasteiger partial charge < -0.3 is 10.1 Å². The Morgan fingerprint density at radius 2 is 2.24 bits per heavy atom. The van der Waals surface area contributed by atoms with Crippen molar-refractivity contribution in [2.24, 2.45) is 0 Å². The van der Waals surface area contributed by atoms with Gasteiger partial charge in [-0.25, -0.2) is 4.98 Å². The lowest BCUT2D eigenvalue weighted by Crippen LogP contribution is -2.27. The van der Waals surface area contributed by atoms with Gasteiger partial charge in [0.05, 0.1) is 16.5 Å². The third-order valence-electron chi connectivity index (χ3n) is 3.67. The molecule has 1 saturated heterocycles. The van der Waals surface area contributed by atoms with E-state index in [1.165, 1.54) is 18.6 Å². The number of anilines is 1. The molecule has 1 N–H and O–H groups in total. The Balaban J connectivity index is 1.71. The number of fused-ring (bicyclic) bond motifs is 1. The van der Waals surface area contributed by atoms with Gasteiger partial charge in [0.15, 0.2) is 0 Å². The van der Waals surface area contributed by atoms with E-state index < -0.39 is 4.92 Å². The molecular weight excluding hydrogens is 270 g/mol. The summed E-state index contributed by atoms with van der Waals surface area (Å²) in [7, 11) is 0. The molecular formula is C15H17N3O3. The minimum atomic E-state index is -0.397. The largest absolute Gasteiger partial charge is 0.376 e. The van der Waals surface area contributed by atoms with E-state index in [0.717, 1.165) is 42.7 Å². The number of nitrogens with one attached hydrogen (secondary N) is 1. The second-order valence-corrected chi connectivity index (χ2v) is 5.20. The van der Waals surface area contributed by atoms with Crippen molar-refractivity contribution in [2.75, 3.05) is 18.5 Å². The zero-order valence-corrected chi connectivity index (χ0v) is 11.6. The summed E-state index contributed by atoms with van der Waals surface area (Å²) in [5.41, 5.74) is 0.829. The number of nitrogens with zero attached hydrogens (tertiary/aromatic N) is 2. The molecule has 0 saturated carbocycles. The van der Waals surface area contributed by atoms with E-state index in [1.54, 1.807) is 6.07 Å². The van der Waals surface area contributed by atoms with Crippen LogP contribution in [-0.2, 0) is 4.74 Å². The van der Waals surface area contributed by atoms with Crippen LogP contribution in [0, 0.1) is 10.1 Å². The van der Waals surface area contributed by atoms with Crippen molar-refractivity contribution in [1.29, 1.82) is 0 Å². The van der Waals surface area contributed by atoms with Crippen LogP contribution in [0.1, 0.15) is 19.3 Å². The second-order valence-electron chi connectivity index (χ2n) is 5.20. The van der Waals surface area contributed by atoms with Crippen LogP contribution in [-0.4, -0.2) is 29.2 Å². The molecule has 0 amide bonds. The van der Waals surface area contributed by atoms with Gasteiger partial charge in [0.25, 0.3) is 5.69 Å². The van der Waals surface area contributed by atoms with E-state index in [0.29, 0.717) is 0 Å². The number of rotatable bonds is 4. The molecule has 6 heteroatoms. The van der Waals surface area contributed by atoms with Gasteiger partial charge >= 0.3 is 0 Å². The Hall–Kier alpha value is -2.21. The Bertz CT molecular complexity index is 654. The van der Waals surface area contributed by atoms with Crippen LogP contribution in [0.5, 0.6) is 0 Å². The van der Waals surface area contributed by atoms with Gasteiger partial charge in [0.2, 0.25) is 0 Å². The molecule has 0 bridgehead atoms. The third-order valence-corrected chi connectivity index (χ3v) is 3.67. The number of aromatic nitrogens is 1. The van der Waals surface area contributed by atoms with Crippen molar-refractivity contribution >= 4 is 22.4 Å². The predicted molar refractivity (Wildman–Crippen MR) is 80.5 cm³/mol. The Labute approximate surface area is 122 Å². The highest BCUT2D eigenvalue weighted by Gasteiger charge is 2.13. The fourth-order valence-corrected chi connectivity index (χ4v) is 2.51. The summed E-state index contributed by atoms with van der Waals surface area (Å²) in [5.74, 6) is 0.769. The summed E-state index contributed by atoms with van der Waals surface area (Å²) >= 11 is 0. The molecule has 1 aromatic carbocycles. The summed E-state index contributed by atoms with van der Waals surface area (Å²) < 4.78 is 5.66. The van der Waals surface area contributed by atoms with Crippen LogP contribution in [0.4, 0.5) is 11.5 Å². The number of pyridine rings is 1. The van der Waals surface area contributed by atoms with E-state index in [1.807, 2.05) is 12.1 Å². The topological polar surface area (TPSA) is 77.3 Å². The lowest BCUT2D eigenvalue weighted by molar-refractivity contribution is -0.384. The molecule has 1 atom stereocenters. The molecule has 0 spiro atoms. The Kier molecular flexibility index (Phi) is 3.96. The van der Waals surface area contributed by atoms with Crippen molar-refractivity contribution in [3.8, 4) is 0 Å². The molecule has 1 fully saturated rings. The average molecular weight is 287 g/mol. The van der Waals surface area contributed by atoms with Gasteiger partial charge in [0, 0.05) is 30.7 Å². The highest BCUT2D eigenvalue weighted by molar-refractivity contribution is 5.82. The number of benzene rings is 1. The maximum absolute atomic E-state index is 10.7. The van der Waals surface area contributed by atoms with Crippen molar-refractivity contribution in [3.05, 3.63) is 40.4 Å². The first-order valence-electron chi connectivity index (χ1n) is 7.13. The summed E-state index contributed by atoms with van der Waals surface area (Å²) in [6.45, 7) is 1.58. The number of non-ortho nitro benzene ring substituents is 1. The number of hydrogen-bond acceptors (Lipinski definition) is 5. The van der Waals surface area contributed by atoms with E-state index in [-0.39, 0.29) is 11.8 Å². The summed E-state index contributed by atoms with van der Waals surface area (Å²) in [6.07, 6.45) is 3.67. The molecule has 2 aromatic rings. The van der Waals surface area contributed by atoms with Gasteiger partial charge in [0.1, 0.15) is 5.82 Å². The highest BCUT2D eigenvalue weighted by atomic mass is 16.6. The molecule has 1 aliphatic heterocycles. The smallest absolute Gasteiger partial charge is 0.270 e. The molecule has 2 heterocycles. The lowest BCUT2D eigenvalue weighted by atomic mass is 10.1. The Morgan fingerprint density at radius 3 is 3.00 bits per heavy atom. The van der Waals surface area contributed by atoms with Crippen molar-refractivity contribution in [3.63, 3.8) is 0 Å². The van der Waals surface area contributed by atoms with E-state index >= 15 is 0 Å². The molecule has 110 valence electrons. The minimum Gasteiger partial charge on any atom is -0.376 e. The fourth-order valence-electron chi connectivity index (χ4n) is 2.51. The van der Waals surface area contributed by atoms with Crippen molar-refractivity contribution in [1.82, 2.24) is 4.98 Å². The van der Waals surface area contributed by atoms with Crippen molar-refractivity contribution in [2.45, 2.75) is 25.4 Å². The number of hydrogen-bond donors (Lipinski definition) is 1. The van der Waals surface area contributed by atoms with E-state index in [2.05, 4.69) is 10.3 Å². The predicted octanol–water partition coefficient (Wildman–Crippen LogP) is 3.12. The van der Waals surface area contributed by atoms with Gasteiger partial charge in [-0.15, -0.1) is 0 Å². The maximum Gasteiger partial charge on any atom is 0.270 e. The Morgan fingerprint density at radius 1 is 1.33 bits per heavy atom. The third kappa shape index (κ3) is 3.28. The zero-order chi connectivity index (χ0) is 14.7. The number of nitro benzene ring substituents is 1. The summed E-state index contributed by atoms with van der Waals surface area (Å²) in [5, 5.41) is 14.8. The van der Waals surface area contributed by atoms with Crippen LogP contribution in [0.3, 0.4) is 0 Å². The van der Waals surface area contributed by atoms with Crippen LogP contribution < -0.4 is 5.32 Å². The fraction of sp³-hybridized carbons (Fsp3) is 0.400. The second kappa shape index (κ2) is 6.05. The standard InChI is InChI=1S/C15H17N3O3/c19-18(20)12-5-6-14-11(9-12)4-7-15(17-14)16-10-13-3-1-2-8-21-13/h4-7,9,13H,1-3,8,10H2,(H,16,17). The lowest BCUT2D eigenvalue weighted by Gasteiger charge is -2.22. The number of ether oxygens (including phenoxy) is 1. The zero-order valence-electron chi connectivity index (χ0n) is 11.6.